The van der Waals surface area contributed by atoms with E-state index in [1.54, 1.807) is 14.2 Å². The molecule has 0 unspecified atom stereocenters. The number of benzene rings is 1. The van der Waals surface area contributed by atoms with Gasteiger partial charge in [-0.25, -0.2) is 0 Å². The van der Waals surface area contributed by atoms with Gasteiger partial charge in [0.25, 0.3) is 0 Å². The second-order valence-corrected chi connectivity index (χ2v) is 7.60. The SMILES string of the molecule is CN=C(NCc1ccc(Cl)cc1OC)NC1CCN(c2cccs2)CC1. The number of thiophene rings is 1. The first-order chi connectivity index (χ1) is 12.7. The van der Waals surface area contributed by atoms with Crippen molar-refractivity contribution in [2.24, 2.45) is 4.99 Å². The molecule has 7 heteroatoms. The molecule has 140 valence electrons. The molecule has 0 aliphatic carbocycles. The second kappa shape index (κ2) is 9.14. The molecule has 1 fully saturated rings. The van der Waals surface area contributed by atoms with Crippen molar-refractivity contribution in [3.63, 3.8) is 0 Å². The Hall–Kier alpha value is -1.92. The summed E-state index contributed by atoms with van der Waals surface area (Å²) in [6, 6.07) is 10.4. The summed E-state index contributed by atoms with van der Waals surface area (Å²) in [6.07, 6.45) is 2.20. The zero-order valence-electron chi connectivity index (χ0n) is 15.2. The van der Waals surface area contributed by atoms with Gasteiger partial charge in [0.15, 0.2) is 5.96 Å². The van der Waals surface area contributed by atoms with E-state index in [1.165, 1.54) is 5.00 Å². The van der Waals surface area contributed by atoms with Gasteiger partial charge in [-0.2, -0.15) is 0 Å². The Morgan fingerprint density at radius 3 is 2.81 bits per heavy atom. The third-order valence-electron chi connectivity index (χ3n) is 4.57. The summed E-state index contributed by atoms with van der Waals surface area (Å²) in [4.78, 5) is 6.81. The number of nitrogens with one attached hydrogen (secondary N) is 2. The van der Waals surface area contributed by atoms with Crippen molar-refractivity contribution in [2.75, 3.05) is 32.1 Å². The maximum Gasteiger partial charge on any atom is 0.191 e. The Bertz CT molecular complexity index is 727. The van der Waals surface area contributed by atoms with Crippen molar-refractivity contribution in [2.45, 2.75) is 25.4 Å². The number of guanidine groups is 1. The highest BCUT2D eigenvalue weighted by atomic mass is 35.5. The number of methoxy groups -OCH3 is 1. The van der Waals surface area contributed by atoms with Gasteiger partial charge >= 0.3 is 0 Å². The molecule has 1 aliphatic heterocycles. The first-order valence-corrected chi connectivity index (χ1v) is 10.0. The normalized spacial score (nSPS) is 15.8. The van der Waals surface area contributed by atoms with Gasteiger partial charge in [-0.15, -0.1) is 11.3 Å². The van der Waals surface area contributed by atoms with Crippen LogP contribution in [0.3, 0.4) is 0 Å². The van der Waals surface area contributed by atoms with E-state index in [-0.39, 0.29) is 0 Å². The number of aliphatic imine (C=N–C) groups is 1. The quantitative estimate of drug-likeness (QED) is 0.601. The van der Waals surface area contributed by atoms with Crippen LogP contribution in [0.25, 0.3) is 0 Å². The van der Waals surface area contributed by atoms with Crippen LogP contribution < -0.4 is 20.3 Å². The van der Waals surface area contributed by atoms with E-state index in [0.29, 0.717) is 17.6 Å². The van der Waals surface area contributed by atoms with Crippen LogP contribution in [-0.4, -0.2) is 39.2 Å². The molecule has 0 saturated carbocycles. The molecular weight excluding hydrogens is 368 g/mol. The van der Waals surface area contributed by atoms with Crippen molar-refractivity contribution in [1.29, 1.82) is 0 Å². The Morgan fingerprint density at radius 2 is 2.15 bits per heavy atom. The summed E-state index contributed by atoms with van der Waals surface area (Å²) >= 11 is 7.83. The molecule has 1 aliphatic rings. The van der Waals surface area contributed by atoms with Gasteiger partial charge in [-0.3, -0.25) is 4.99 Å². The molecule has 1 saturated heterocycles. The van der Waals surface area contributed by atoms with E-state index < -0.39 is 0 Å². The van der Waals surface area contributed by atoms with Gasteiger partial charge in [-0.1, -0.05) is 17.7 Å². The van der Waals surface area contributed by atoms with Crippen LogP contribution in [0.5, 0.6) is 5.75 Å². The molecule has 2 aromatic rings. The third kappa shape index (κ3) is 4.83. The lowest BCUT2D eigenvalue weighted by atomic mass is 10.1. The number of hydrogen-bond donors (Lipinski definition) is 2. The van der Waals surface area contributed by atoms with Crippen LogP contribution in [-0.2, 0) is 6.54 Å². The van der Waals surface area contributed by atoms with Crippen molar-refractivity contribution in [3.8, 4) is 5.75 Å². The van der Waals surface area contributed by atoms with Crippen LogP contribution in [0.15, 0.2) is 40.7 Å². The molecule has 3 rings (SSSR count). The highest BCUT2D eigenvalue weighted by molar-refractivity contribution is 7.14. The summed E-state index contributed by atoms with van der Waals surface area (Å²) in [6.45, 7) is 2.77. The minimum Gasteiger partial charge on any atom is -0.496 e. The minimum atomic E-state index is 0.435. The summed E-state index contributed by atoms with van der Waals surface area (Å²) in [5.41, 5.74) is 1.05. The van der Waals surface area contributed by atoms with E-state index in [9.17, 15) is 0 Å². The van der Waals surface area contributed by atoms with Crippen molar-refractivity contribution < 1.29 is 4.74 Å². The largest absolute Gasteiger partial charge is 0.496 e. The fraction of sp³-hybridized carbons (Fsp3) is 0.421. The Labute approximate surface area is 164 Å². The zero-order valence-corrected chi connectivity index (χ0v) is 16.7. The Morgan fingerprint density at radius 1 is 1.35 bits per heavy atom. The third-order valence-corrected chi connectivity index (χ3v) is 5.74. The van der Waals surface area contributed by atoms with Crippen molar-refractivity contribution >= 4 is 33.9 Å². The van der Waals surface area contributed by atoms with E-state index in [1.807, 2.05) is 29.5 Å². The van der Waals surface area contributed by atoms with E-state index in [0.717, 1.165) is 43.2 Å². The standard InChI is InChI=1S/C19H25ClN4OS/c1-21-19(22-13-14-5-6-15(20)12-17(14)25-2)23-16-7-9-24(10-8-16)18-4-3-11-26-18/h3-6,11-12,16H,7-10,13H2,1-2H3,(H2,21,22,23). The molecule has 0 amide bonds. The first kappa shape index (κ1) is 18.9. The van der Waals surface area contributed by atoms with Crippen LogP contribution >= 0.6 is 22.9 Å². The highest BCUT2D eigenvalue weighted by Crippen LogP contribution is 2.25. The number of rotatable bonds is 5. The highest BCUT2D eigenvalue weighted by Gasteiger charge is 2.20. The number of ether oxygens (including phenoxy) is 1. The summed E-state index contributed by atoms with van der Waals surface area (Å²) in [5.74, 6) is 1.60. The molecule has 1 aromatic carbocycles. The summed E-state index contributed by atoms with van der Waals surface area (Å²) in [7, 11) is 3.46. The molecule has 0 bridgehead atoms. The van der Waals surface area contributed by atoms with Crippen molar-refractivity contribution in [1.82, 2.24) is 10.6 Å². The minimum absolute atomic E-state index is 0.435. The zero-order chi connectivity index (χ0) is 18.4. The lowest BCUT2D eigenvalue weighted by molar-refractivity contribution is 0.409. The van der Waals surface area contributed by atoms with Gasteiger partial charge in [0.1, 0.15) is 5.75 Å². The fourth-order valence-electron chi connectivity index (χ4n) is 3.13. The van der Waals surface area contributed by atoms with E-state index in [4.69, 9.17) is 16.3 Å². The van der Waals surface area contributed by atoms with Crippen molar-refractivity contribution in [3.05, 3.63) is 46.3 Å². The number of piperidine rings is 1. The monoisotopic (exact) mass is 392 g/mol. The lowest BCUT2D eigenvalue weighted by Crippen LogP contribution is -2.48. The Kier molecular flexibility index (Phi) is 6.63. The molecule has 5 nitrogen and oxygen atoms in total. The topological polar surface area (TPSA) is 48.9 Å². The molecule has 0 atom stereocenters. The molecule has 0 radical (unpaired) electrons. The summed E-state index contributed by atoms with van der Waals surface area (Å²) in [5, 5.41) is 11.1. The smallest absolute Gasteiger partial charge is 0.191 e. The van der Waals surface area contributed by atoms with Crippen LogP contribution in [0.4, 0.5) is 5.00 Å². The predicted octanol–water partition coefficient (Wildman–Crippen LogP) is 3.74. The van der Waals surface area contributed by atoms with Gasteiger partial charge in [-0.05, 0) is 42.5 Å². The van der Waals surface area contributed by atoms with Gasteiger partial charge < -0.3 is 20.3 Å². The average molecular weight is 393 g/mol. The van der Waals surface area contributed by atoms with Gasteiger partial charge in [0.05, 0.1) is 12.1 Å². The number of halogens is 1. The van der Waals surface area contributed by atoms with Crippen LogP contribution in [0, 0.1) is 0 Å². The average Bonchev–Trinajstić information content (AvgIpc) is 3.21. The number of hydrogen-bond acceptors (Lipinski definition) is 4. The summed E-state index contributed by atoms with van der Waals surface area (Å²) < 4.78 is 5.40. The van der Waals surface area contributed by atoms with Crippen LogP contribution in [0.1, 0.15) is 18.4 Å². The first-order valence-electron chi connectivity index (χ1n) is 8.77. The van der Waals surface area contributed by atoms with Gasteiger partial charge in [0.2, 0.25) is 0 Å². The Balaban J connectivity index is 1.50. The molecule has 0 spiro atoms. The van der Waals surface area contributed by atoms with E-state index >= 15 is 0 Å². The van der Waals surface area contributed by atoms with E-state index in [2.05, 4.69) is 38.0 Å². The maximum absolute atomic E-state index is 6.02. The van der Waals surface area contributed by atoms with Gasteiger partial charge in [0, 0.05) is 43.3 Å². The predicted molar refractivity (Wildman–Crippen MR) is 111 cm³/mol. The maximum atomic E-state index is 6.02. The van der Waals surface area contributed by atoms with Crippen LogP contribution in [0.2, 0.25) is 5.02 Å². The second-order valence-electron chi connectivity index (χ2n) is 6.24. The molecule has 26 heavy (non-hydrogen) atoms. The number of anilines is 1. The molecule has 2 heterocycles. The lowest BCUT2D eigenvalue weighted by Gasteiger charge is -2.33. The molecule has 2 N–H and O–H groups in total. The fourth-order valence-corrected chi connectivity index (χ4v) is 4.07. The molecular formula is C19H25ClN4OS. The number of nitrogens with zero attached hydrogens (tertiary/aromatic N) is 2. The molecule has 1 aromatic heterocycles.